The minimum absolute atomic E-state index is 0.194. The lowest BCUT2D eigenvalue weighted by Gasteiger charge is -2.35. The van der Waals surface area contributed by atoms with E-state index in [0.717, 1.165) is 30.2 Å². The van der Waals surface area contributed by atoms with Crippen LogP contribution in [0.2, 0.25) is 0 Å². The molecule has 1 fully saturated rings. The average molecular weight is 340 g/mol. The third-order valence-electron chi connectivity index (χ3n) is 4.79. The van der Waals surface area contributed by atoms with Crippen molar-refractivity contribution in [3.05, 3.63) is 46.3 Å². The number of H-pyrrole nitrogens is 1. The molecule has 2 aromatic heterocycles. The van der Waals surface area contributed by atoms with Crippen molar-refractivity contribution in [3.63, 3.8) is 0 Å². The molecule has 1 aliphatic rings. The van der Waals surface area contributed by atoms with Crippen LogP contribution in [0, 0.1) is 0 Å². The van der Waals surface area contributed by atoms with E-state index in [1.165, 1.54) is 18.4 Å². The van der Waals surface area contributed by atoms with Crippen LogP contribution in [0.4, 0.5) is 0 Å². The topological polar surface area (TPSA) is 70.6 Å². The lowest BCUT2D eigenvalue weighted by Crippen LogP contribution is -2.42. The van der Waals surface area contributed by atoms with Crippen molar-refractivity contribution >= 4 is 11.3 Å². The maximum absolute atomic E-state index is 4.68. The van der Waals surface area contributed by atoms with Gasteiger partial charge in [-0.3, -0.25) is 4.90 Å². The van der Waals surface area contributed by atoms with Gasteiger partial charge >= 0.3 is 0 Å². The molecule has 124 valence electrons. The summed E-state index contributed by atoms with van der Waals surface area (Å²) in [4.78, 5) is 7.25. The molecule has 1 N–H and O–H groups in total. The van der Waals surface area contributed by atoms with Gasteiger partial charge in [0.05, 0.1) is 6.54 Å². The van der Waals surface area contributed by atoms with Crippen molar-refractivity contribution in [2.45, 2.75) is 38.3 Å². The first kappa shape index (κ1) is 15.4. The van der Waals surface area contributed by atoms with E-state index in [0.29, 0.717) is 5.82 Å². The molecular formula is C17H20N6S. The Morgan fingerprint density at radius 1 is 1.29 bits per heavy atom. The lowest BCUT2D eigenvalue weighted by atomic mass is 9.90. The van der Waals surface area contributed by atoms with Crippen LogP contribution >= 0.6 is 11.3 Å². The Labute approximate surface area is 144 Å². The van der Waals surface area contributed by atoms with Crippen LogP contribution in [-0.2, 0) is 13.0 Å². The molecule has 3 heterocycles. The summed E-state index contributed by atoms with van der Waals surface area (Å²) in [5, 5.41) is 17.2. The fourth-order valence-electron chi connectivity index (χ4n) is 3.50. The molecule has 4 rings (SSSR count). The number of nitrogens with one attached hydrogen (secondary N) is 1. The first-order chi connectivity index (χ1) is 11.7. The minimum Gasteiger partial charge on any atom is -0.291 e. The highest BCUT2D eigenvalue weighted by Gasteiger charge is 2.36. The second-order valence-corrected chi connectivity index (χ2v) is 7.49. The van der Waals surface area contributed by atoms with E-state index in [2.05, 4.69) is 67.8 Å². The molecule has 24 heavy (non-hydrogen) atoms. The van der Waals surface area contributed by atoms with Crippen molar-refractivity contribution in [3.8, 4) is 11.5 Å². The number of aromatic amines is 1. The molecule has 1 aliphatic heterocycles. The first-order valence-corrected chi connectivity index (χ1v) is 9.08. The lowest BCUT2D eigenvalue weighted by molar-refractivity contribution is 0.147. The van der Waals surface area contributed by atoms with Gasteiger partial charge in [-0.2, -0.15) is 5.21 Å². The molecule has 0 radical (unpaired) electrons. The van der Waals surface area contributed by atoms with Crippen LogP contribution in [-0.4, -0.2) is 42.6 Å². The molecule has 0 saturated carbocycles. The molecule has 1 saturated heterocycles. The second kappa shape index (κ2) is 6.41. The maximum atomic E-state index is 4.68. The third-order valence-corrected chi connectivity index (χ3v) is 5.62. The van der Waals surface area contributed by atoms with E-state index < -0.39 is 0 Å². The highest BCUT2D eigenvalue weighted by molar-refractivity contribution is 7.09. The number of hydrogen-bond donors (Lipinski definition) is 1. The van der Waals surface area contributed by atoms with Crippen LogP contribution in [0.1, 0.15) is 30.3 Å². The molecule has 1 unspecified atom stereocenters. The van der Waals surface area contributed by atoms with Crippen molar-refractivity contribution in [1.29, 1.82) is 0 Å². The largest absolute Gasteiger partial charge is 0.291 e. The van der Waals surface area contributed by atoms with Gasteiger partial charge in [0.1, 0.15) is 10.7 Å². The first-order valence-electron chi connectivity index (χ1n) is 8.20. The Bertz CT molecular complexity index is 785. The van der Waals surface area contributed by atoms with Gasteiger partial charge in [0.25, 0.3) is 0 Å². The number of likely N-dealkylation sites (tertiary alicyclic amines) is 1. The molecule has 7 heteroatoms. The molecule has 0 spiro atoms. The van der Waals surface area contributed by atoms with E-state index in [9.17, 15) is 0 Å². The molecule has 0 amide bonds. The maximum Gasteiger partial charge on any atom is 0.223 e. The van der Waals surface area contributed by atoms with Gasteiger partial charge in [-0.15, -0.1) is 21.5 Å². The molecule has 0 bridgehead atoms. The molecule has 3 aromatic rings. The van der Waals surface area contributed by atoms with E-state index in [1.54, 1.807) is 11.3 Å². The molecular weight excluding hydrogens is 320 g/mol. The van der Waals surface area contributed by atoms with Gasteiger partial charge in [-0.05, 0) is 43.5 Å². The van der Waals surface area contributed by atoms with Gasteiger partial charge in [0, 0.05) is 10.9 Å². The zero-order valence-electron chi connectivity index (χ0n) is 13.6. The van der Waals surface area contributed by atoms with Crippen LogP contribution in [0.15, 0.2) is 35.7 Å². The van der Waals surface area contributed by atoms with E-state index in [-0.39, 0.29) is 5.54 Å². The summed E-state index contributed by atoms with van der Waals surface area (Å²) in [7, 11) is 0. The summed E-state index contributed by atoms with van der Waals surface area (Å²) in [5.41, 5.74) is 2.39. The summed E-state index contributed by atoms with van der Waals surface area (Å²) >= 11 is 1.67. The number of aromatic nitrogens is 5. The van der Waals surface area contributed by atoms with Crippen LogP contribution < -0.4 is 0 Å². The van der Waals surface area contributed by atoms with Crippen molar-refractivity contribution in [1.82, 2.24) is 30.5 Å². The summed E-state index contributed by atoms with van der Waals surface area (Å²) in [6.07, 6.45) is 3.55. The van der Waals surface area contributed by atoms with Gasteiger partial charge < -0.3 is 0 Å². The Kier molecular flexibility index (Phi) is 4.12. The summed E-state index contributed by atoms with van der Waals surface area (Å²) in [6, 6.07) is 10.8. The predicted molar refractivity (Wildman–Crippen MR) is 93.5 cm³/mol. The Balaban J connectivity index is 1.49. The standard InChI is InChI=1S/C17H20N6S/c1-17(10-13-6-3-2-4-7-13)8-5-9-23(17)11-15-18-14(12-24-15)16-19-21-22-20-16/h2-4,6-7,12H,5,8-11H2,1H3,(H,19,20,21,22). The van der Waals surface area contributed by atoms with Crippen molar-refractivity contribution < 1.29 is 0 Å². The summed E-state index contributed by atoms with van der Waals surface area (Å²) < 4.78 is 0. The third kappa shape index (κ3) is 3.09. The number of rotatable bonds is 5. The summed E-state index contributed by atoms with van der Waals surface area (Å²) in [6.45, 7) is 4.38. The fraction of sp³-hybridized carbons (Fsp3) is 0.412. The second-order valence-electron chi connectivity index (χ2n) is 6.55. The Morgan fingerprint density at radius 2 is 2.17 bits per heavy atom. The van der Waals surface area contributed by atoms with Crippen LogP contribution in [0.5, 0.6) is 0 Å². The highest BCUT2D eigenvalue weighted by atomic mass is 32.1. The van der Waals surface area contributed by atoms with Gasteiger partial charge in [-0.25, -0.2) is 4.98 Å². The predicted octanol–water partition coefficient (Wildman–Crippen LogP) is 2.92. The highest BCUT2D eigenvalue weighted by Crippen LogP contribution is 2.34. The van der Waals surface area contributed by atoms with Gasteiger partial charge in [0.2, 0.25) is 5.82 Å². The van der Waals surface area contributed by atoms with Crippen molar-refractivity contribution in [2.75, 3.05) is 6.54 Å². The Morgan fingerprint density at radius 3 is 2.96 bits per heavy atom. The smallest absolute Gasteiger partial charge is 0.223 e. The van der Waals surface area contributed by atoms with Crippen LogP contribution in [0.25, 0.3) is 11.5 Å². The monoisotopic (exact) mass is 340 g/mol. The number of hydrogen-bond acceptors (Lipinski definition) is 6. The normalized spacial score (nSPS) is 21.4. The number of nitrogens with zero attached hydrogens (tertiary/aromatic N) is 5. The summed E-state index contributed by atoms with van der Waals surface area (Å²) in [5.74, 6) is 0.561. The molecule has 1 atom stereocenters. The quantitative estimate of drug-likeness (QED) is 0.773. The number of benzene rings is 1. The van der Waals surface area contributed by atoms with E-state index in [4.69, 9.17) is 0 Å². The van der Waals surface area contributed by atoms with E-state index >= 15 is 0 Å². The zero-order chi connectivity index (χ0) is 16.4. The average Bonchev–Trinajstić information content (AvgIpc) is 3.31. The van der Waals surface area contributed by atoms with Gasteiger partial charge in [0.15, 0.2) is 0 Å². The molecule has 6 nitrogen and oxygen atoms in total. The number of tetrazole rings is 1. The van der Waals surface area contributed by atoms with Crippen molar-refractivity contribution in [2.24, 2.45) is 0 Å². The molecule has 1 aromatic carbocycles. The number of thiazole rings is 1. The minimum atomic E-state index is 0.194. The SMILES string of the molecule is CC1(Cc2ccccc2)CCCN1Cc1nc(-c2nn[nH]n2)cs1. The zero-order valence-corrected chi connectivity index (χ0v) is 14.5. The molecule has 0 aliphatic carbocycles. The Hall–Kier alpha value is -2.12. The fourth-order valence-corrected chi connectivity index (χ4v) is 4.29. The van der Waals surface area contributed by atoms with Gasteiger partial charge in [-0.1, -0.05) is 30.3 Å². The van der Waals surface area contributed by atoms with E-state index in [1.807, 2.05) is 5.38 Å². The van der Waals surface area contributed by atoms with Crippen LogP contribution in [0.3, 0.4) is 0 Å².